The van der Waals surface area contributed by atoms with Gasteiger partial charge in [0.2, 0.25) is 10.0 Å². The minimum Gasteiger partial charge on any atom is -0.493 e. The number of hydrogen-bond donors (Lipinski definition) is 1. The molecule has 1 aromatic carbocycles. The molecule has 0 saturated carbocycles. The van der Waals surface area contributed by atoms with Gasteiger partial charge in [-0.25, -0.2) is 13.1 Å². The van der Waals surface area contributed by atoms with Gasteiger partial charge in [-0.05, 0) is 30.8 Å². The molecule has 1 aromatic rings. The van der Waals surface area contributed by atoms with E-state index < -0.39 is 10.0 Å². The number of fused-ring (bicyclic) bond motifs is 1. The van der Waals surface area contributed by atoms with E-state index >= 15 is 0 Å². The summed E-state index contributed by atoms with van der Waals surface area (Å²) in [5.41, 5.74) is 0.974. The highest BCUT2D eigenvalue weighted by molar-refractivity contribution is 7.89. The van der Waals surface area contributed by atoms with Gasteiger partial charge in [0.1, 0.15) is 5.75 Å². The summed E-state index contributed by atoms with van der Waals surface area (Å²) in [4.78, 5) is 4.90. The normalized spacial score (nSPS) is 19.9. The number of hydrogen-bond acceptors (Lipinski definition) is 5. The Morgan fingerprint density at radius 3 is 2.77 bits per heavy atom. The molecule has 0 atom stereocenters. The zero-order valence-electron chi connectivity index (χ0n) is 12.9. The summed E-state index contributed by atoms with van der Waals surface area (Å²) >= 11 is 0. The Balaban J connectivity index is 1.55. The smallest absolute Gasteiger partial charge is 0.240 e. The lowest BCUT2D eigenvalue weighted by Gasteiger charge is -2.32. The van der Waals surface area contributed by atoms with Gasteiger partial charge < -0.3 is 9.64 Å². The first kappa shape index (κ1) is 15.7. The first-order chi connectivity index (χ1) is 10.5. The first-order valence-electron chi connectivity index (χ1n) is 7.71. The molecule has 2 aliphatic heterocycles. The van der Waals surface area contributed by atoms with Crippen molar-refractivity contribution in [3.63, 3.8) is 0 Å². The van der Waals surface area contributed by atoms with E-state index in [1.807, 2.05) is 0 Å². The van der Waals surface area contributed by atoms with Gasteiger partial charge in [-0.1, -0.05) is 0 Å². The number of nitrogens with zero attached hydrogens (tertiary/aromatic N) is 2. The molecular formula is C15H23N3O3S. The van der Waals surface area contributed by atoms with Crippen molar-refractivity contribution in [1.29, 1.82) is 0 Å². The van der Waals surface area contributed by atoms with Crippen LogP contribution in [0.15, 0.2) is 23.1 Å². The first-order valence-corrected chi connectivity index (χ1v) is 9.19. The van der Waals surface area contributed by atoms with E-state index in [4.69, 9.17) is 4.74 Å². The standard InChI is InChI=1S/C15H23N3O3S/c1-17-7-9-18(10-8-17)6-5-16-22(19,20)14-2-3-15-13(12-14)4-11-21-15/h2-3,12,16H,4-11H2,1H3. The van der Waals surface area contributed by atoms with Crippen molar-refractivity contribution in [2.75, 3.05) is 52.9 Å². The zero-order valence-corrected chi connectivity index (χ0v) is 13.7. The Labute approximate surface area is 132 Å². The summed E-state index contributed by atoms with van der Waals surface area (Å²) < 4.78 is 32.8. The predicted molar refractivity (Wildman–Crippen MR) is 84.8 cm³/mol. The van der Waals surface area contributed by atoms with Crippen LogP contribution in [-0.4, -0.2) is 71.1 Å². The van der Waals surface area contributed by atoms with Gasteiger partial charge in [0.25, 0.3) is 0 Å². The van der Waals surface area contributed by atoms with Crippen LogP contribution in [0.1, 0.15) is 5.56 Å². The van der Waals surface area contributed by atoms with E-state index in [0.29, 0.717) is 18.0 Å². The highest BCUT2D eigenvalue weighted by atomic mass is 32.2. The van der Waals surface area contributed by atoms with Gasteiger partial charge in [0.05, 0.1) is 11.5 Å². The third-order valence-electron chi connectivity index (χ3n) is 4.29. The Kier molecular flexibility index (Phi) is 4.67. The van der Waals surface area contributed by atoms with Crippen LogP contribution in [0.4, 0.5) is 0 Å². The van der Waals surface area contributed by atoms with Gasteiger partial charge in [-0.2, -0.15) is 0 Å². The summed E-state index contributed by atoms with van der Waals surface area (Å²) in [5.74, 6) is 0.802. The molecule has 2 aliphatic rings. The lowest BCUT2D eigenvalue weighted by Crippen LogP contribution is -2.46. The molecule has 0 bridgehead atoms. The second-order valence-electron chi connectivity index (χ2n) is 5.91. The van der Waals surface area contributed by atoms with Gasteiger partial charge >= 0.3 is 0 Å². The SMILES string of the molecule is CN1CCN(CCNS(=O)(=O)c2ccc3c(c2)CCO3)CC1. The summed E-state index contributed by atoms with van der Waals surface area (Å²) in [7, 11) is -1.33. The fourth-order valence-corrected chi connectivity index (χ4v) is 3.89. The molecule has 0 spiro atoms. The van der Waals surface area contributed by atoms with E-state index in [-0.39, 0.29) is 0 Å². The lowest BCUT2D eigenvalue weighted by atomic mass is 10.2. The fourth-order valence-electron chi connectivity index (χ4n) is 2.82. The van der Waals surface area contributed by atoms with Crippen LogP contribution in [0.25, 0.3) is 0 Å². The molecule has 1 fully saturated rings. The topological polar surface area (TPSA) is 61.9 Å². The largest absolute Gasteiger partial charge is 0.493 e. The minimum atomic E-state index is -3.44. The van der Waals surface area contributed by atoms with Crippen molar-refractivity contribution in [2.45, 2.75) is 11.3 Å². The second kappa shape index (κ2) is 6.54. The van der Waals surface area contributed by atoms with Crippen LogP contribution in [0.2, 0.25) is 0 Å². The molecule has 0 unspecified atom stereocenters. The average molecular weight is 325 g/mol. The van der Waals surface area contributed by atoms with Gasteiger partial charge in [-0.15, -0.1) is 0 Å². The van der Waals surface area contributed by atoms with Crippen LogP contribution in [0.3, 0.4) is 0 Å². The average Bonchev–Trinajstić information content (AvgIpc) is 2.96. The number of ether oxygens (including phenoxy) is 1. The molecule has 2 heterocycles. The van der Waals surface area contributed by atoms with Crippen molar-refractivity contribution in [1.82, 2.24) is 14.5 Å². The van der Waals surface area contributed by atoms with Crippen molar-refractivity contribution in [3.05, 3.63) is 23.8 Å². The highest BCUT2D eigenvalue weighted by Gasteiger charge is 2.20. The summed E-state index contributed by atoms with van der Waals surface area (Å²) in [5, 5.41) is 0. The van der Waals surface area contributed by atoms with Gasteiger partial charge in [-0.3, -0.25) is 4.90 Å². The van der Waals surface area contributed by atoms with E-state index in [1.165, 1.54) is 0 Å². The Bertz CT molecular complexity index is 625. The third-order valence-corrected chi connectivity index (χ3v) is 5.75. The molecule has 0 aromatic heterocycles. The van der Waals surface area contributed by atoms with Crippen molar-refractivity contribution < 1.29 is 13.2 Å². The molecule has 122 valence electrons. The molecule has 22 heavy (non-hydrogen) atoms. The van der Waals surface area contributed by atoms with Crippen molar-refractivity contribution >= 4 is 10.0 Å². The van der Waals surface area contributed by atoms with Crippen molar-refractivity contribution in [2.24, 2.45) is 0 Å². The maximum absolute atomic E-state index is 12.3. The van der Waals surface area contributed by atoms with Crippen LogP contribution in [-0.2, 0) is 16.4 Å². The van der Waals surface area contributed by atoms with Gasteiger partial charge in [0.15, 0.2) is 0 Å². The highest BCUT2D eigenvalue weighted by Crippen LogP contribution is 2.27. The number of rotatable bonds is 5. The van der Waals surface area contributed by atoms with Crippen LogP contribution in [0.5, 0.6) is 5.75 Å². The van der Waals surface area contributed by atoms with E-state index in [2.05, 4.69) is 21.6 Å². The Morgan fingerprint density at radius 2 is 2.00 bits per heavy atom. The van der Waals surface area contributed by atoms with E-state index in [1.54, 1.807) is 18.2 Å². The van der Waals surface area contributed by atoms with E-state index in [0.717, 1.165) is 50.5 Å². The number of benzene rings is 1. The molecule has 0 amide bonds. The maximum atomic E-state index is 12.3. The summed E-state index contributed by atoms with van der Waals surface area (Å²) in [6, 6.07) is 5.08. The second-order valence-corrected chi connectivity index (χ2v) is 7.68. The van der Waals surface area contributed by atoms with Crippen molar-refractivity contribution in [3.8, 4) is 5.75 Å². The number of sulfonamides is 1. The number of piperazine rings is 1. The molecule has 0 aliphatic carbocycles. The molecule has 1 saturated heterocycles. The molecule has 6 nitrogen and oxygen atoms in total. The predicted octanol–water partition coefficient (Wildman–Crippen LogP) is 0.147. The molecule has 3 rings (SSSR count). The van der Waals surface area contributed by atoms with Gasteiger partial charge in [0, 0.05) is 45.7 Å². The van der Waals surface area contributed by atoms with Crippen LogP contribution >= 0.6 is 0 Å². The number of likely N-dealkylation sites (N-methyl/N-ethyl adjacent to an activating group) is 1. The maximum Gasteiger partial charge on any atom is 0.240 e. The molecule has 0 radical (unpaired) electrons. The monoisotopic (exact) mass is 325 g/mol. The summed E-state index contributed by atoms with van der Waals surface area (Å²) in [6.07, 6.45) is 0.778. The Morgan fingerprint density at radius 1 is 1.23 bits per heavy atom. The minimum absolute atomic E-state index is 0.329. The fraction of sp³-hybridized carbons (Fsp3) is 0.600. The van der Waals surface area contributed by atoms with Crippen LogP contribution in [0, 0.1) is 0 Å². The molecule has 7 heteroatoms. The third kappa shape index (κ3) is 3.60. The Hall–Kier alpha value is -1.15. The van der Waals surface area contributed by atoms with Crippen LogP contribution < -0.4 is 9.46 Å². The quantitative estimate of drug-likeness (QED) is 0.835. The molecule has 1 N–H and O–H groups in total. The summed E-state index contributed by atoms with van der Waals surface area (Å²) in [6.45, 7) is 5.90. The molecular weight excluding hydrogens is 302 g/mol. The zero-order chi connectivity index (χ0) is 15.6. The number of nitrogens with one attached hydrogen (secondary N) is 1. The van der Waals surface area contributed by atoms with E-state index in [9.17, 15) is 8.42 Å². The lowest BCUT2D eigenvalue weighted by molar-refractivity contribution is 0.156.